The van der Waals surface area contributed by atoms with E-state index in [0.29, 0.717) is 39.9 Å². The Labute approximate surface area is 171 Å². The third kappa shape index (κ3) is 5.43. The molecule has 1 unspecified atom stereocenters. The first-order chi connectivity index (χ1) is 13.4. The van der Waals surface area contributed by atoms with E-state index in [2.05, 4.69) is 4.74 Å². The van der Waals surface area contributed by atoms with Crippen molar-refractivity contribution in [2.24, 2.45) is 5.92 Å². The van der Waals surface area contributed by atoms with E-state index in [1.165, 1.54) is 19.4 Å². The number of hydrogen-bond acceptors (Lipinski definition) is 4. The Hall–Kier alpha value is -1.70. The number of benzene rings is 1. The zero-order valence-corrected chi connectivity index (χ0v) is 16.7. The number of nitrogens with zero attached hydrogens (tertiary/aromatic N) is 1. The largest absolute Gasteiger partial charge is 0.489 e. The molecule has 1 aromatic rings. The van der Waals surface area contributed by atoms with Crippen LogP contribution in [0.15, 0.2) is 40.0 Å². The molecule has 1 heterocycles. The van der Waals surface area contributed by atoms with Crippen LogP contribution in [0.5, 0.6) is 11.5 Å². The van der Waals surface area contributed by atoms with Gasteiger partial charge in [-0.05, 0) is 36.5 Å². The van der Waals surface area contributed by atoms with E-state index in [0.717, 1.165) is 12.8 Å². The molecule has 0 N–H and O–H groups in total. The maximum Gasteiger partial charge on any atom is 0.387 e. The fourth-order valence-electron chi connectivity index (χ4n) is 2.87. The van der Waals surface area contributed by atoms with Crippen molar-refractivity contribution in [1.29, 1.82) is 0 Å². The van der Waals surface area contributed by atoms with Crippen LogP contribution >= 0.6 is 23.2 Å². The van der Waals surface area contributed by atoms with Crippen LogP contribution in [0, 0.1) is 10.8 Å². The highest BCUT2D eigenvalue weighted by Crippen LogP contribution is 2.39. The fraction of sp³-hybridized carbons (Fsp3) is 0.474. The van der Waals surface area contributed by atoms with Crippen molar-refractivity contribution in [3.63, 3.8) is 0 Å². The lowest BCUT2D eigenvalue weighted by Crippen LogP contribution is -2.13. The van der Waals surface area contributed by atoms with E-state index in [1.54, 1.807) is 12.1 Å². The zero-order valence-electron chi connectivity index (χ0n) is 15.2. The summed E-state index contributed by atoms with van der Waals surface area (Å²) in [5.74, 6) is 0.665. The minimum atomic E-state index is -2.95. The molecule has 3 rings (SSSR count). The Morgan fingerprint density at radius 3 is 2.61 bits per heavy atom. The normalized spacial score (nSPS) is 18.4. The number of alkyl halides is 2. The first-order valence-corrected chi connectivity index (χ1v) is 9.56. The highest BCUT2D eigenvalue weighted by Gasteiger charge is 2.28. The van der Waals surface area contributed by atoms with Gasteiger partial charge < -0.3 is 14.2 Å². The van der Waals surface area contributed by atoms with Gasteiger partial charge in [0.05, 0.1) is 17.7 Å². The lowest BCUT2D eigenvalue weighted by atomic mass is 9.99. The van der Waals surface area contributed by atoms with E-state index in [-0.39, 0.29) is 23.1 Å². The number of nitroso groups, excluding NO2 is 1. The maximum absolute atomic E-state index is 12.7. The molecule has 1 fully saturated rings. The van der Waals surface area contributed by atoms with Crippen LogP contribution in [0.1, 0.15) is 30.9 Å². The molecule has 1 aromatic carbocycles. The molecule has 1 atom stereocenters. The van der Waals surface area contributed by atoms with Crippen LogP contribution in [0.25, 0.3) is 0 Å². The number of allylic oxidation sites excluding steroid dienone is 1. The second kappa shape index (κ2) is 9.20. The van der Waals surface area contributed by atoms with Crippen molar-refractivity contribution in [2.45, 2.75) is 32.0 Å². The smallest absolute Gasteiger partial charge is 0.387 e. The number of rotatable bonds is 9. The first-order valence-electron chi connectivity index (χ1n) is 8.80. The van der Waals surface area contributed by atoms with Gasteiger partial charge in [0.25, 0.3) is 0 Å². The molecule has 152 valence electrons. The maximum atomic E-state index is 12.7. The molecule has 1 aliphatic heterocycles. The molecule has 2 aliphatic rings. The van der Waals surface area contributed by atoms with Crippen molar-refractivity contribution >= 4 is 23.2 Å². The third-order valence-electron chi connectivity index (χ3n) is 4.57. The van der Waals surface area contributed by atoms with Gasteiger partial charge in [-0.25, -0.2) is 0 Å². The molecule has 1 saturated carbocycles. The van der Waals surface area contributed by atoms with E-state index in [4.69, 9.17) is 32.7 Å². The minimum Gasteiger partial charge on any atom is -0.489 e. The van der Waals surface area contributed by atoms with Crippen molar-refractivity contribution < 1.29 is 27.8 Å². The minimum absolute atomic E-state index is 0.0143. The van der Waals surface area contributed by atoms with Crippen LogP contribution in [0.2, 0.25) is 0 Å². The lowest BCUT2D eigenvalue weighted by Gasteiger charge is -2.20. The molecule has 0 spiro atoms. The first kappa shape index (κ1) is 21.0. The summed E-state index contributed by atoms with van der Waals surface area (Å²) in [4.78, 5) is 11.5. The highest BCUT2D eigenvalue weighted by molar-refractivity contribution is 6.35. The summed E-state index contributed by atoms with van der Waals surface area (Å²) in [7, 11) is 1.52. The fourth-order valence-corrected chi connectivity index (χ4v) is 3.51. The number of methoxy groups -OCH3 is 1. The van der Waals surface area contributed by atoms with Crippen molar-refractivity contribution in [2.75, 3.05) is 20.3 Å². The van der Waals surface area contributed by atoms with Gasteiger partial charge >= 0.3 is 6.61 Å². The van der Waals surface area contributed by atoms with Gasteiger partial charge in [-0.1, -0.05) is 29.3 Å². The predicted octanol–water partition coefficient (Wildman–Crippen LogP) is 5.52. The lowest BCUT2D eigenvalue weighted by molar-refractivity contribution is -0.470. The molecule has 9 heteroatoms. The van der Waals surface area contributed by atoms with Gasteiger partial charge in [0.2, 0.25) is 12.7 Å². The Morgan fingerprint density at radius 2 is 2.00 bits per heavy atom. The standard InChI is InChI=1S/C19H20Cl2F2NO4/c1-26-17(7-13-14(20)8-24(25)9-15(13)21)12-4-5-16(28-19(22)23)18(6-12)27-10-11-2-3-11/h4-6,8,11,17,19H,2-3,7,9-10H2,1H3/q+1. The number of hydrogen-bond donors (Lipinski definition) is 0. The molecule has 5 nitrogen and oxygen atoms in total. The SMILES string of the molecule is COC(CC1=C(Cl)C[N+](=O)C=C1Cl)c1ccc(OC(F)F)c(OCC2CC2)c1. The quantitative estimate of drug-likeness (QED) is 0.480. The van der Waals surface area contributed by atoms with Gasteiger partial charge in [-0.15, -0.1) is 0 Å². The van der Waals surface area contributed by atoms with E-state index < -0.39 is 12.7 Å². The summed E-state index contributed by atoms with van der Waals surface area (Å²) >= 11 is 12.4. The molecule has 1 aliphatic carbocycles. The Bertz CT molecular complexity index is 809. The van der Waals surface area contributed by atoms with Crippen LogP contribution < -0.4 is 9.47 Å². The average molecular weight is 435 g/mol. The molecule has 0 amide bonds. The Kier molecular flexibility index (Phi) is 6.91. The summed E-state index contributed by atoms with van der Waals surface area (Å²) in [5, 5.41) is 0.587. The zero-order chi connectivity index (χ0) is 20.3. The average Bonchev–Trinajstić information content (AvgIpc) is 3.44. The van der Waals surface area contributed by atoms with Gasteiger partial charge in [-0.3, -0.25) is 0 Å². The number of ether oxygens (including phenoxy) is 3. The molecule has 0 bridgehead atoms. The third-order valence-corrected chi connectivity index (χ3v) is 5.24. The molecule has 28 heavy (non-hydrogen) atoms. The summed E-state index contributed by atoms with van der Waals surface area (Å²) in [5.41, 5.74) is 1.30. The highest BCUT2D eigenvalue weighted by atomic mass is 35.5. The topological polar surface area (TPSA) is 47.8 Å². The van der Waals surface area contributed by atoms with Gasteiger partial charge in [0.1, 0.15) is 5.03 Å². The Balaban J connectivity index is 1.83. The molecular formula is C19H20Cl2F2NO4+. The molecule has 0 saturated heterocycles. The van der Waals surface area contributed by atoms with Crippen molar-refractivity contribution in [3.05, 3.63) is 50.5 Å². The van der Waals surface area contributed by atoms with Gasteiger partial charge in [0.15, 0.2) is 11.5 Å². The van der Waals surface area contributed by atoms with Gasteiger partial charge in [0, 0.05) is 28.8 Å². The van der Waals surface area contributed by atoms with Crippen molar-refractivity contribution in [1.82, 2.24) is 0 Å². The molecular weight excluding hydrogens is 415 g/mol. The van der Waals surface area contributed by atoms with Gasteiger partial charge in [-0.2, -0.15) is 8.78 Å². The second-order valence-corrected chi connectivity index (χ2v) is 7.57. The van der Waals surface area contributed by atoms with E-state index in [1.807, 2.05) is 0 Å². The molecule has 0 radical (unpaired) electrons. The summed E-state index contributed by atoms with van der Waals surface area (Å²) < 4.78 is 41.9. The number of halogens is 4. The molecule has 0 aromatic heterocycles. The summed E-state index contributed by atoms with van der Waals surface area (Å²) in [6.45, 7) is -2.48. The van der Waals surface area contributed by atoms with E-state index >= 15 is 0 Å². The summed E-state index contributed by atoms with van der Waals surface area (Å²) in [6, 6.07) is 4.69. The van der Waals surface area contributed by atoms with E-state index in [9.17, 15) is 13.7 Å². The van der Waals surface area contributed by atoms with Crippen LogP contribution in [0.4, 0.5) is 8.78 Å². The monoisotopic (exact) mass is 434 g/mol. The van der Waals surface area contributed by atoms with Crippen LogP contribution in [0.3, 0.4) is 0 Å². The predicted molar refractivity (Wildman–Crippen MR) is 101 cm³/mol. The Morgan fingerprint density at radius 1 is 1.25 bits per heavy atom. The van der Waals surface area contributed by atoms with Crippen molar-refractivity contribution in [3.8, 4) is 11.5 Å². The second-order valence-electron chi connectivity index (χ2n) is 6.70. The van der Waals surface area contributed by atoms with Crippen LogP contribution in [-0.4, -0.2) is 31.6 Å². The summed E-state index contributed by atoms with van der Waals surface area (Å²) in [6.07, 6.45) is 3.25. The van der Waals surface area contributed by atoms with Crippen LogP contribution in [-0.2, 0) is 4.74 Å².